The fourth-order valence-corrected chi connectivity index (χ4v) is 4.62. The van der Waals surface area contributed by atoms with Gasteiger partial charge in [0.15, 0.2) is 9.84 Å². The van der Waals surface area contributed by atoms with E-state index in [0.717, 1.165) is 27.6 Å². The van der Waals surface area contributed by atoms with Crippen molar-refractivity contribution < 1.29 is 13.2 Å². The second-order valence-corrected chi connectivity index (χ2v) is 10.4. The molecule has 0 unspecified atom stereocenters. The van der Waals surface area contributed by atoms with Gasteiger partial charge in [0.05, 0.1) is 21.7 Å². The molecule has 0 aliphatic rings. The van der Waals surface area contributed by atoms with Crippen LogP contribution in [0, 0.1) is 0 Å². The van der Waals surface area contributed by atoms with Crippen LogP contribution in [0.15, 0.2) is 71.9 Å². The molecule has 1 amide bonds. The van der Waals surface area contributed by atoms with Crippen molar-refractivity contribution >= 4 is 32.5 Å². The van der Waals surface area contributed by atoms with Crippen LogP contribution in [-0.4, -0.2) is 43.1 Å². The van der Waals surface area contributed by atoms with E-state index < -0.39 is 9.84 Å². The van der Waals surface area contributed by atoms with E-state index in [4.69, 9.17) is 11.5 Å². The molecule has 0 saturated heterocycles. The predicted molar refractivity (Wildman–Crippen MR) is 139 cm³/mol. The zero-order valence-corrected chi connectivity index (χ0v) is 20.2. The molecule has 180 valence electrons. The van der Waals surface area contributed by atoms with E-state index >= 15 is 0 Å². The molecule has 0 radical (unpaired) electrons. The van der Waals surface area contributed by atoms with Crippen molar-refractivity contribution in [2.75, 3.05) is 24.6 Å². The van der Waals surface area contributed by atoms with Crippen LogP contribution in [0.2, 0.25) is 0 Å². The molecule has 0 fully saturated rings. The van der Waals surface area contributed by atoms with E-state index in [1.54, 1.807) is 43.5 Å². The third-order valence-corrected chi connectivity index (χ3v) is 7.50. The molecule has 2 heterocycles. The molecule has 2 aromatic heterocycles. The largest absolute Gasteiger partial charge is 0.383 e. The number of carbonyl (C=O) groups excluding carboxylic acids is 1. The third kappa shape index (κ3) is 5.31. The Kier molecular flexibility index (Phi) is 7.09. The molecule has 8 nitrogen and oxygen atoms in total. The fraction of sp³-hybridized carbons (Fsp3) is 0.192. The number of aromatic nitrogens is 2. The van der Waals surface area contributed by atoms with E-state index in [2.05, 4.69) is 15.3 Å². The van der Waals surface area contributed by atoms with Gasteiger partial charge in [0.25, 0.3) is 5.91 Å². The Hall–Kier alpha value is -3.82. The Labute approximate surface area is 204 Å². The lowest BCUT2D eigenvalue weighted by molar-refractivity contribution is 0.0953. The minimum absolute atomic E-state index is 0.0419. The summed E-state index contributed by atoms with van der Waals surface area (Å²) in [6, 6.07) is 16.1. The second-order valence-electron chi connectivity index (χ2n) is 8.12. The van der Waals surface area contributed by atoms with E-state index in [1.165, 1.54) is 6.20 Å². The highest BCUT2D eigenvalue weighted by molar-refractivity contribution is 7.91. The second kappa shape index (κ2) is 10.2. The van der Waals surface area contributed by atoms with Crippen LogP contribution in [0.3, 0.4) is 0 Å². The Morgan fingerprint density at radius 2 is 1.71 bits per heavy atom. The molecular formula is C26H27N5O3S. The molecule has 0 bridgehead atoms. The molecule has 2 aromatic carbocycles. The van der Waals surface area contributed by atoms with E-state index in [9.17, 15) is 13.2 Å². The van der Waals surface area contributed by atoms with Crippen molar-refractivity contribution in [2.45, 2.75) is 18.2 Å². The Bertz CT molecular complexity index is 1490. The summed E-state index contributed by atoms with van der Waals surface area (Å²) in [5.41, 5.74) is 16.1. The van der Waals surface area contributed by atoms with Crippen molar-refractivity contribution in [3.8, 4) is 22.3 Å². The van der Waals surface area contributed by atoms with Gasteiger partial charge in [-0.2, -0.15) is 0 Å². The Morgan fingerprint density at radius 3 is 2.43 bits per heavy atom. The summed E-state index contributed by atoms with van der Waals surface area (Å²) in [5.74, 6) is 0.202. The molecule has 5 N–H and O–H groups in total. The number of pyridine rings is 2. The van der Waals surface area contributed by atoms with Crippen LogP contribution in [0.5, 0.6) is 0 Å². The zero-order chi connectivity index (χ0) is 25.0. The number of fused-ring (bicyclic) bond motifs is 1. The highest BCUT2D eigenvalue weighted by Gasteiger charge is 2.14. The number of amides is 1. The Balaban J connectivity index is 1.68. The highest BCUT2D eigenvalue weighted by Crippen LogP contribution is 2.31. The van der Waals surface area contributed by atoms with Crippen LogP contribution >= 0.6 is 0 Å². The van der Waals surface area contributed by atoms with Gasteiger partial charge < -0.3 is 16.8 Å². The van der Waals surface area contributed by atoms with Crippen molar-refractivity contribution in [1.82, 2.24) is 15.3 Å². The normalized spacial score (nSPS) is 11.5. The lowest BCUT2D eigenvalue weighted by Crippen LogP contribution is -2.26. The van der Waals surface area contributed by atoms with Crippen molar-refractivity contribution in [3.63, 3.8) is 0 Å². The smallest absolute Gasteiger partial charge is 0.252 e. The average Bonchev–Trinajstić information content (AvgIpc) is 2.88. The third-order valence-electron chi connectivity index (χ3n) is 5.75. The van der Waals surface area contributed by atoms with E-state index in [0.29, 0.717) is 36.5 Å². The van der Waals surface area contributed by atoms with E-state index in [1.807, 2.05) is 24.3 Å². The van der Waals surface area contributed by atoms with Crippen molar-refractivity contribution in [2.24, 2.45) is 5.73 Å². The highest BCUT2D eigenvalue weighted by atomic mass is 32.2. The van der Waals surface area contributed by atoms with Gasteiger partial charge in [-0.25, -0.2) is 13.4 Å². The Morgan fingerprint density at radius 1 is 0.971 bits per heavy atom. The number of nitrogens with two attached hydrogens (primary N) is 2. The summed E-state index contributed by atoms with van der Waals surface area (Å²) < 4.78 is 24.2. The molecule has 4 rings (SSSR count). The first kappa shape index (κ1) is 24.3. The SMILES string of the molecule is CCS(=O)(=O)c1ccc(-c2cc3cc(-c4cncc(C(=O)NCCCN)c4)ccc3nc2N)cc1. The minimum Gasteiger partial charge on any atom is -0.383 e. The van der Waals surface area contributed by atoms with Gasteiger partial charge in [-0.1, -0.05) is 25.1 Å². The molecule has 4 aromatic rings. The first-order valence-electron chi connectivity index (χ1n) is 11.3. The number of rotatable bonds is 8. The van der Waals surface area contributed by atoms with Gasteiger partial charge in [0.1, 0.15) is 5.82 Å². The van der Waals surface area contributed by atoms with Crippen LogP contribution < -0.4 is 16.8 Å². The monoisotopic (exact) mass is 489 g/mol. The number of nitrogens with one attached hydrogen (secondary N) is 1. The number of carbonyl (C=O) groups is 1. The summed E-state index contributed by atoms with van der Waals surface area (Å²) in [5, 5.41) is 3.69. The van der Waals surface area contributed by atoms with Crippen LogP contribution in [0.4, 0.5) is 5.82 Å². The van der Waals surface area contributed by atoms with E-state index in [-0.39, 0.29) is 16.6 Å². The first-order chi connectivity index (χ1) is 16.8. The van der Waals surface area contributed by atoms with Crippen LogP contribution in [0.25, 0.3) is 33.2 Å². The van der Waals surface area contributed by atoms with Crippen molar-refractivity contribution in [3.05, 3.63) is 72.6 Å². The number of hydrogen-bond acceptors (Lipinski definition) is 7. The number of benzene rings is 2. The number of anilines is 1. The maximum atomic E-state index is 12.4. The summed E-state index contributed by atoms with van der Waals surface area (Å²) in [6.07, 6.45) is 3.95. The van der Waals surface area contributed by atoms with Gasteiger partial charge >= 0.3 is 0 Å². The summed E-state index contributed by atoms with van der Waals surface area (Å²) in [6.45, 7) is 2.64. The zero-order valence-electron chi connectivity index (χ0n) is 19.4. The minimum atomic E-state index is -3.28. The molecular weight excluding hydrogens is 462 g/mol. The van der Waals surface area contributed by atoms with Gasteiger partial charge in [0.2, 0.25) is 0 Å². The summed E-state index contributed by atoms with van der Waals surface area (Å²) in [4.78, 5) is 21.4. The lowest BCUT2D eigenvalue weighted by Gasteiger charge is -2.10. The quantitative estimate of drug-likeness (QED) is 0.322. The predicted octanol–water partition coefficient (Wildman–Crippen LogP) is 3.42. The average molecular weight is 490 g/mol. The van der Waals surface area contributed by atoms with Crippen LogP contribution in [0.1, 0.15) is 23.7 Å². The molecule has 0 spiro atoms. The van der Waals surface area contributed by atoms with Gasteiger partial charge in [0, 0.05) is 35.5 Å². The number of hydrogen-bond donors (Lipinski definition) is 3. The van der Waals surface area contributed by atoms with Crippen LogP contribution in [-0.2, 0) is 9.84 Å². The van der Waals surface area contributed by atoms with Gasteiger partial charge in [-0.3, -0.25) is 9.78 Å². The van der Waals surface area contributed by atoms with Crippen molar-refractivity contribution in [1.29, 1.82) is 0 Å². The first-order valence-corrected chi connectivity index (χ1v) is 12.9. The fourth-order valence-electron chi connectivity index (χ4n) is 3.74. The lowest BCUT2D eigenvalue weighted by atomic mass is 10.0. The molecule has 0 aliphatic heterocycles. The molecule has 9 heteroatoms. The number of sulfone groups is 1. The molecule has 0 saturated carbocycles. The maximum absolute atomic E-state index is 12.4. The number of nitrogen functional groups attached to an aromatic ring is 1. The summed E-state index contributed by atoms with van der Waals surface area (Å²) in [7, 11) is -3.28. The van der Waals surface area contributed by atoms with Gasteiger partial charge in [-0.05, 0) is 60.5 Å². The van der Waals surface area contributed by atoms with Gasteiger partial charge in [-0.15, -0.1) is 0 Å². The molecule has 35 heavy (non-hydrogen) atoms. The summed E-state index contributed by atoms with van der Waals surface area (Å²) >= 11 is 0. The topological polar surface area (TPSA) is 141 Å². The number of nitrogens with zero attached hydrogens (tertiary/aromatic N) is 2. The molecule has 0 atom stereocenters. The maximum Gasteiger partial charge on any atom is 0.252 e. The molecule has 0 aliphatic carbocycles. The standard InChI is InChI=1S/C26H27N5O3S/c1-2-35(33,34)22-7-4-17(5-8-22)23-14-19-12-18(6-9-24(19)31-25(23)28)20-13-21(16-29-15-20)26(32)30-11-3-10-27/h4-9,12-16H,2-3,10-11,27H2,1H3,(H2,28,31)(H,30,32).